The van der Waals surface area contributed by atoms with Gasteiger partial charge in [-0.25, -0.2) is 4.98 Å². The van der Waals surface area contributed by atoms with Crippen LogP contribution in [0.25, 0.3) is 11.3 Å². The Bertz CT molecular complexity index is 859. The van der Waals surface area contributed by atoms with E-state index in [-0.39, 0.29) is 5.91 Å². The van der Waals surface area contributed by atoms with E-state index in [9.17, 15) is 4.79 Å². The van der Waals surface area contributed by atoms with Gasteiger partial charge in [-0.1, -0.05) is 46.3 Å². The van der Waals surface area contributed by atoms with Crippen LogP contribution >= 0.6 is 15.9 Å². The molecule has 2 aromatic carbocycles. The molecule has 0 aliphatic rings. The maximum Gasteiger partial charge on any atom is 0.224 e. The maximum atomic E-state index is 12.1. The Hall–Kier alpha value is -2.40. The quantitative estimate of drug-likeness (QED) is 0.606. The summed E-state index contributed by atoms with van der Waals surface area (Å²) in [5.74, 6) is 1.41. The standard InChI is InChI=1S/C20H19BrN2O2/c1-14-12-16(10-11-17(14)21)23-19(24)8-5-9-20-22-13-18(25-20)15-6-3-2-4-7-15/h2-4,6-7,10-13H,5,8-9H2,1H3,(H,23,24). The lowest BCUT2D eigenvalue weighted by Crippen LogP contribution is -2.11. The molecule has 1 N–H and O–H groups in total. The van der Waals surface area contributed by atoms with Gasteiger partial charge in [-0.15, -0.1) is 0 Å². The number of hydrogen-bond acceptors (Lipinski definition) is 3. The molecule has 0 aliphatic carbocycles. The van der Waals surface area contributed by atoms with Crippen LogP contribution in [0.5, 0.6) is 0 Å². The Balaban J connectivity index is 1.48. The monoisotopic (exact) mass is 398 g/mol. The number of rotatable bonds is 6. The first-order valence-corrected chi connectivity index (χ1v) is 8.97. The predicted molar refractivity (Wildman–Crippen MR) is 102 cm³/mol. The van der Waals surface area contributed by atoms with E-state index < -0.39 is 0 Å². The molecule has 128 valence electrons. The van der Waals surface area contributed by atoms with Crippen molar-refractivity contribution in [3.8, 4) is 11.3 Å². The molecule has 3 aromatic rings. The second-order valence-electron chi connectivity index (χ2n) is 5.85. The van der Waals surface area contributed by atoms with Crippen molar-refractivity contribution in [2.24, 2.45) is 0 Å². The second-order valence-corrected chi connectivity index (χ2v) is 6.70. The van der Waals surface area contributed by atoms with Crippen LogP contribution in [0, 0.1) is 6.92 Å². The van der Waals surface area contributed by atoms with Crippen molar-refractivity contribution in [1.29, 1.82) is 0 Å². The molecule has 4 nitrogen and oxygen atoms in total. The molecule has 0 saturated carbocycles. The predicted octanol–water partition coefficient (Wildman–Crippen LogP) is 5.37. The average molecular weight is 399 g/mol. The zero-order chi connectivity index (χ0) is 17.6. The topological polar surface area (TPSA) is 55.1 Å². The van der Waals surface area contributed by atoms with Crippen molar-refractivity contribution in [2.75, 3.05) is 5.32 Å². The van der Waals surface area contributed by atoms with Crippen LogP contribution < -0.4 is 5.32 Å². The first kappa shape index (κ1) is 17.4. The highest BCUT2D eigenvalue weighted by Gasteiger charge is 2.08. The number of benzene rings is 2. The van der Waals surface area contributed by atoms with Crippen LogP contribution in [0.1, 0.15) is 24.3 Å². The van der Waals surface area contributed by atoms with Gasteiger partial charge in [-0.05, 0) is 37.1 Å². The molecule has 3 rings (SSSR count). The summed E-state index contributed by atoms with van der Waals surface area (Å²) in [5, 5.41) is 2.92. The molecule has 0 unspecified atom stereocenters. The molecular formula is C20H19BrN2O2. The van der Waals surface area contributed by atoms with Crippen LogP contribution in [0.15, 0.2) is 63.6 Å². The Morgan fingerprint density at radius 2 is 2.00 bits per heavy atom. The summed E-state index contributed by atoms with van der Waals surface area (Å²) in [7, 11) is 0. The van der Waals surface area contributed by atoms with E-state index in [2.05, 4.69) is 26.2 Å². The van der Waals surface area contributed by atoms with Gasteiger partial charge in [0, 0.05) is 28.6 Å². The maximum absolute atomic E-state index is 12.1. The number of nitrogens with one attached hydrogen (secondary N) is 1. The zero-order valence-corrected chi connectivity index (χ0v) is 15.5. The number of aromatic nitrogens is 1. The molecule has 0 atom stereocenters. The van der Waals surface area contributed by atoms with E-state index in [1.807, 2.05) is 55.5 Å². The Kier molecular flexibility index (Phi) is 5.66. The number of halogens is 1. The summed E-state index contributed by atoms with van der Waals surface area (Å²) in [6, 6.07) is 15.6. The van der Waals surface area contributed by atoms with Crippen LogP contribution in [0.3, 0.4) is 0 Å². The third-order valence-electron chi connectivity index (χ3n) is 3.85. The lowest BCUT2D eigenvalue weighted by Gasteiger charge is -2.06. The van der Waals surface area contributed by atoms with Gasteiger partial charge >= 0.3 is 0 Å². The molecule has 0 bridgehead atoms. The van der Waals surface area contributed by atoms with Gasteiger partial charge in [0.2, 0.25) is 5.91 Å². The van der Waals surface area contributed by atoms with Crippen molar-refractivity contribution in [3.05, 3.63) is 70.7 Å². The Labute approximate surface area is 155 Å². The van der Waals surface area contributed by atoms with Gasteiger partial charge in [-0.2, -0.15) is 0 Å². The van der Waals surface area contributed by atoms with Gasteiger partial charge in [0.05, 0.1) is 6.20 Å². The summed E-state index contributed by atoms with van der Waals surface area (Å²) < 4.78 is 6.78. The van der Waals surface area contributed by atoms with Crippen LogP contribution in [-0.4, -0.2) is 10.9 Å². The summed E-state index contributed by atoms with van der Waals surface area (Å²) in [6.45, 7) is 1.99. The number of oxazole rings is 1. The number of carbonyl (C=O) groups excluding carboxylic acids is 1. The number of hydrogen-bond donors (Lipinski definition) is 1. The number of amides is 1. The fraction of sp³-hybridized carbons (Fsp3) is 0.200. The molecule has 5 heteroatoms. The highest BCUT2D eigenvalue weighted by atomic mass is 79.9. The number of aryl methyl sites for hydroxylation is 2. The first-order valence-electron chi connectivity index (χ1n) is 8.18. The van der Waals surface area contributed by atoms with Crippen molar-refractivity contribution in [3.63, 3.8) is 0 Å². The van der Waals surface area contributed by atoms with E-state index in [4.69, 9.17) is 4.42 Å². The Morgan fingerprint density at radius 1 is 1.20 bits per heavy atom. The highest BCUT2D eigenvalue weighted by Crippen LogP contribution is 2.21. The first-order chi connectivity index (χ1) is 12.1. The van der Waals surface area contributed by atoms with E-state index in [0.717, 1.165) is 27.0 Å². The minimum absolute atomic E-state index is 0.00318. The SMILES string of the molecule is Cc1cc(NC(=O)CCCc2ncc(-c3ccccc3)o2)ccc1Br. The van der Waals surface area contributed by atoms with Gasteiger partial charge < -0.3 is 9.73 Å². The fourth-order valence-corrected chi connectivity index (χ4v) is 2.75. The van der Waals surface area contributed by atoms with E-state index in [1.54, 1.807) is 6.20 Å². The number of carbonyl (C=O) groups is 1. The third kappa shape index (κ3) is 4.79. The lowest BCUT2D eigenvalue weighted by molar-refractivity contribution is -0.116. The molecular weight excluding hydrogens is 380 g/mol. The minimum atomic E-state index is -0.00318. The lowest BCUT2D eigenvalue weighted by atomic mass is 10.2. The third-order valence-corrected chi connectivity index (χ3v) is 4.74. The van der Waals surface area contributed by atoms with E-state index >= 15 is 0 Å². The second kappa shape index (κ2) is 8.12. The summed E-state index contributed by atoms with van der Waals surface area (Å²) in [5.41, 5.74) is 2.91. The number of anilines is 1. The molecule has 1 amide bonds. The van der Waals surface area contributed by atoms with Crippen molar-refractivity contribution in [1.82, 2.24) is 4.98 Å². The van der Waals surface area contributed by atoms with Gasteiger partial charge in [0.15, 0.2) is 11.7 Å². The molecule has 0 aliphatic heterocycles. The van der Waals surface area contributed by atoms with Gasteiger partial charge in [0.1, 0.15) is 0 Å². The molecule has 0 spiro atoms. The summed E-state index contributed by atoms with van der Waals surface area (Å²) >= 11 is 3.45. The van der Waals surface area contributed by atoms with Gasteiger partial charge in [-0.3, -0.25) is 4.79 Å². The minimum Gasteiger partial charge on any atom is -0.441 e. The molecule has 0 radical (unpaired) electrons. The van der Waals surface area contributed by atoms with Crippen LogP contribution in [0.4, 0.5) is 5.69 Å². The van der Waals surface area contributed by atoms with Crippen LogP contribution in [-0.2, 0) is 11.2 Å². The van der Waals surface area contributed by atoms with Crippen molar-refractivity contribution < 1.29 is 9.21 Å². The average Bonchev–Trinajstić information content (AvgIpc) is 3.08. The molecule has 1 heterocycles. The normalized spacial score (nSPS) is 10.6. The highest BCUT2D eigenvalue weighted by molar-refractivity contribution is 9.10. The molecule has 25 heavy (non-hydrogen) atoms. The van der Waals surface area contributed by atoms with Crippen molar-refractivity contribution >= 4 is 27.5 Å². The molecule has 0 saturated heterocycles. The summed E-state index contributed by atoms with van der Waals surface area (Å²) in [6.07, 6.45) is 3.49. The van der Waals surface area contributed by atoms with E-state index in [0.29, 0.717) is 25.2 Å². The Morgan fingerprint density at radius 3 is 2.76 bits per heavy atom. The fourth-order valence-electron chi connectivity index (χ4n) is 2.51. The van der Waals surface area contributed by atoms with Crippen molar-refractivity contribution in [2.45, 2.75) is 26.2 Å². The number of nitrogens with zero attached hydrogens (tertiary/aromatic N) is 1. The van der Waals surface area contributed by atoms with Crippen LogP contribution in [0.2, 0.25) is 0 Å². The van der Waals surface area contributed by atoms with Gasteiger partial charge in [0.25, 0.3) is 0 Å². The zero-order valence-electron chi connectivity index (χ0n) is 14.0. The molecule has 1 aromatic heterocycles. The smallest absolute Gasteiger partial charge is 0.224 e. The largest absolute Gasteiger partial charge is 0.441 e. The van der Waals surface area contributed by atoms with E-state index in [1.165, 1.54) is 0 Å². The molecule has 0 fully saturated rings. The summed E-state index contributed by atoms with van der Waals surface area (Å²) in [4.78, 5) is 16.3.